The molecule has 3 unspecified atom stereocenters. The van der Waals surface area contributed by atoms with Crippen molar-refractivity contribution in [2.75, 3.05) is 38.2 Å². The van der Waals surface area contributed by atoms with E-state index in [-0.39, 0.29) is 16.3 Å². The highest BCUT2D eigenvalue weighted by Gasteiger charge is 2.48. The number of esters is 1. The molecular weight excluding hydrogens is 358 g/mol. The number of hydrogen-bond donors (Lipinski definition) is 0. The first kappa shape index (κ1) is 17.5. The van der Waals surface area contributed by atoms with Crippen LogP contribution in [0, 0.1) is 22.0 Å². The lowest BCUT2D eigenvalue weighted by Crippen LogP contribution is -2.39. The molecule has 0 bridgehead atoms. The molecular formula is C18H22ClN3O4. The van der Waals surface area contributed by atoms with E-state index in [2.05, 4.69) is 14.5 Å². The standard InChI is InChI=1S/C18H22ClN3O4/c1-26-18(23)12-6-17(22(24)25)16(7-14(12)19)21-9-11-8-20-5-3-2-4-15(20)13(11)10-21/h6-7,11,13,15H,2-5,8-10H2,1H3. The number of halogens is 1. The van der Waals surface area contributed by atoms with Crippen molar-refractivity contribution in [3.05, 3.63) is 32.8 Å². The number of methoxy groups -OCH3 is 1. The van der Waals surface area contributed by atoms with Crippen molar-refractivity contribution in [1.29, 1.82) is 0 Å². The monoisotopic (exact) mass is 379 g/mol. The maximum atomic E-state index is 11.8. The fourth-order valence-corrected chi connectivity index (χ4v) is 5.20. The fourth-order valence-electron chi connectivity index (χ4n) is 4.97. The fraction of sp³-hybridized carbons (Fsp3) is 0.611. The van der Waals surface area contributed by atoms with E-state index >= 15 is 0 Å². The number of benzene rings is 1. The van der Waals surface area contributed by atoms with E-state index < -0.39 is 10.9 Å². The Bertz CT molecular complexity index is 756. The average Bonchev–Trinajstić information content (AvgIpc) is 3.18. The number of nitrogens with zero attached hydrogens (tertiary/aromatic N) is 3. The molecule has 0 aliphatic carbocycles. The lowest BCUT2D eigenvalue weighted by atomic mass is 9.90. The molecule has 4 rings (SSSR count). The molecule has 7 nitrogen and oxygen atoms in total. The molecule has 1 aromatic carbocycles. The Balaban J connectivity index is 1.63. The lowest BCUT2D eigenvalue weighted by Gasteiger charge is -2.33. The van der Waals surface area contributed by atoms with Crippen LogP contribution in [0.3, 0.4) is 0 Å². The molecule has 1 aromatic rings. The smallest absolute Gasteiger partial charge is 0.339 e. The molecule has 3 atom stereocenters. The number of carbonyl (C=O) groups is 1. The molecule has 0 N–H and O–H groups in total. The SMILES string of the molecule is COC(=O)c1cc([N+](=O)[O-])c(N2CC3CN4CCCCC4C3C2)cc1Cl. The van der Waals surface area contributed by atoms with Crippen molar-refractivity contribution >= 4 is 28.9 Å². The van der Waals surface area contributed by atoms with E-state index in [9.17, 15) is 14.9 Å². The van der Waals surface area contributed by atoms with Crippen LogP contribution >= 0.6 is 11.6 Å². The quantitative estimate of drug-likeness (QED) is 0.456. The number of piperidine rings is 1. The summed E-state index contributed by atoms with van der Waals surface area (Å²) in [6.07, 6.45) is 3.76. The molecule has 0 spiro atoms. The van der Waals surface area contributed by atoms with E-state index in [0.717, 1.165) is 19.6 Å². The van der Waals surface area contributed by atoms with Gasteiger partial charge in [0.2, 0.25) is 0 Å². The normalized spacial score (nSPS) is 27.9. The van der Waals surface area contributed by atoms with Gasteiger partial charge in [0.1, 0.15) is 5.69 Å². The number of ether oxygens (including phenoxy) is 1. The van der Waals surface area contributed by atoms with Crippen LogP contribution in [0.2, 0.25) is 5.02 Å². The number of fused-ring (bicyclic) bond motifs is 3. The van der Waals surface area contributed by atoms with Gasteiger partial charge >= 0.3 is 5.97 Å². The van der Waals surface area contributed by atoms with Crippen LogP contribution in [0.25, 0.3) is 0 Å². The molecule has 3 saturated heterocycles. The second-order valence-electron chi connectivity index (χ2n) is 7.46. The maximum absolute atomic E-state index is 11.8. The highest BCUT2D eigenvalue weighted by molar-refractivity contribution is 6.34. The number of rotatable bonds is 3. The Morgan fingerprint density at radius 3 is 2.85 bits per heavy atom. The molecule has 0 amide bonds. The first-order valence-corrected chi connectivity index (χ1v) is 9.42. The van der Waals surface area contributed by atoms with Gasteiger partial charge in [-0.3, -0.25) is 15.0 Å². The van der Waals surface area contributed by atoms with Crippen molar-refractivity contribution < 1.29 is 14.5 Å². The Morgan fingerprint density at radius 1 is 1.31 bits per heavy atom. The molecule has 0 radical (unpaired) electrons. The van der Waals surface area contributed by atoms with E-state index in [4.69, 9.17) is 11.6 Å². The molecule has 0 saturated carbocycles. The third-order valence-electron chi connectivity index (χ3n) is 6.13. The van der Waals surface area contributed by atoms with Gasteiger partial charge in [-0.2, -0.15) is 0 Å². The zero-order valence-corrected chi connectivity index (χ0v) is 15.4. The lowest BCUT2D eigenvalue weighted by molar-refractivity contribution is -0.384. The molecule has 8 heteroatoms. The largest absolute Gasteiger partial charge is 0.465 e. The highest BCUT2D eigenvalue weighted by Crippen LogP contribution is 2.44. The molecule has 3 fully saturated rings. The summed E-state index contributed by atoms with van der Waals surface area (Å²) in [5.41, 5.74) is 0.446. The van der Waals surface area contributed by atoms with Gasteiger partial charge in [0.05, 0.1) is 22.6 Å². The van der Waals surface area contributed by atoms with Crippen molar-refractivity contribution in [2.24, 2.45) is 11.8 Å². The first-order valence-electron chi connectivity index (χ1n) is 9.05. The Hall–Kier alpha value is -1.86. The van der Waals surface area contributed by atoms with Gasteiger partial charge in [-0.15, -0.1) is 0 Å². The minimum Gasteiger partial charge on any atom is -0.465 e. The van der Waals surface area contributed by atoms with Gasteiger partial charge in [-0.05, 0) is 37.3 Å². The van der Waals surface area contributed by atoms with Crippen molar-refractivity contribution in [1.82, 2.24) is 4.90 Å². The summed E-state index contributed by atoms with van der Waals surface area (Å²) < 4.78 is 4.67. The number of anilines is 1. The van der Waals surface area contributed by atoms with Crippen LogP contribution in [-0.2, 0) is 4.74 Å². The van der Waals surface area contributed by atoms with Gasteiger partial charge in [-0.25, -0.2) is 4.79 Å². The average molecular weight is 380 g/mol. The van der Waals surface area contributed by atoms with E-state index in [1.165, 1.54) is 39.0 Å². The van der Waals surface area contributed by atoms with Crippen molar-refractivity contribution in [3.63, 3.8) is 0 Å². The zero-order valence-electron chi connectivity index (χ0n) is 14.7. The summed E-state index contributed by atoms with van der Waals surface area (Å²) in [4.78, 5) is 27.6. The summed E-state index contributed by atoms with van der Waals surface area (Å²) in [5.74, 6) is 0.423. The third kappa shape index (κ3) is 2.83. The summed E-state index contributed by atoms with van der Waals surface area (Å²) >= 11 is 6.23. The summed E-state index contributed by atoms with van der Waals surface area (Å²) in [6, 6.07) is 3.39. The summed E-state index contributed by atoms with van der Waals surface area (Å²) in [5, 5.41) is 11.8. The zero-order chi connectivity index (χ0) is 18.4. The highest BCUT2D eigenvalue weighted by atomic mass is 35.5. The minimum absolute atomic E-state index is 0.0301. The van der Waals surface area contributed by atoms with Crippen molar-refractivity contribution in [2.45, 2.75) is 25.3 Å². The van der Waals surface area contributed by atoms with Crippen LogP contribution in [0.5, 0.6) is 0 Å². The molecule has 0 aromatic heterocycles. The second-order valence-corrected chi connectivity index (χ2v) is 7.86. The first-order chi connectivity index (χ1) is 12.5. The van der Waals surface area contributed by atoms with Gasteiger partial charge < -0.3 is 9.64 Å². The molecule has 3 aliphatic heterocycles. The summed E-state index contributed by atoms with van der Waals surface area (Å²) in [6.45, 7) is 3.86. The van der Waals surface area contributed by atoms with Crippen LogP contribution < -0.4 is 4.90 Å². The number of carbonyl (C=O) groups excluding carboxylic acids is 1. The van der Waals surface area contributed by atoms with Crippen LogP contribution in [-0.4, -0.2) is 55.1 Å². The van der Waals surface area contributed by atoms with E-state index in [0.29, 0.717) is 23.6 Å². The molecule has 140 valence electrons. The predicted molar refractivity (Wildman–Crippen MR) is 97.9 cm³/mol. The van der Waals surface area contributed by atoms with E-state index in [1.807, 2.05) is 0 Å². The van der Waals surface area contributed by atoms with Crippen LogP contribution in [0.15, 0.2) is 12.1 Å². The Morgan fingerprint density at radius 2 is 2.12 bits per heavy atom. The van der Waals surface area contributed by atoms with Gasteiger partial charge in [0, 0.05) is 31.7 Å². The predicted octanol–water partition coefficient (Wildman–Crippen LogP) is 2.96. The minimum atomic E-state index is -0.666. The topological polar surface area (TPSA) is 75.9 Å². The van der Waals surface area contributed by atoms with Gasteiger partial charge in [0.25, 0.3) is 5.69 Å². The Kier molecular flexibility index (Phi) is 4.52. The third-order valence-corrected chi connectivity index (χ3v) is 6.44. The molecule has 3 heterocycles. The summed E-state index contributed by atoms with van der Waals surface area (Å²) in [7, 11) is 1.23. The number of nitro benzene ring substituents is 1. The van der Waals surface area contributed by atoms with Crippen LogP contribution in [0.1, 0.15) is 29.6 Å². The Labute approximate surface area is 157 Å². The van der Waals surface area contributed by atoms with Crippen molar-refractivity contribution in [3.8, 4) is 0 Å². The number of nitro groups is 1. The maximum Gasteiger partial charge on any atom is 0.339 e. The number of hydrogen-bond acceptors (Lipinski definition) is 6. The second kappa shape index (κ2) is 6.70. The molecule has 3 aliphatic rings. The van der Waals surface area contributed by atoms with Gasteiger partial charge in [0.15, 0.2) is 0 Å². The molecule has 26 heavy (non-hydrogen) atoms. The van der Waals surface area contributed by atoms with Crippen LogP contribution in [0.4, 0.5) is 11.4 Å². The van der Waals surface area contributed by atoms with Gasteiger partial charge in [-0.1, -0.05) is 18.0 Å². The van der Waals surface area contributed by atoms with E-state index in [1.54, 1.807) is 6.07 Å².